The molecular formula is C25H27ClFN3O6S. The van der Waals surface area contributed by atoms with Crippen LogP contribution in [-0.4, -0.2) is 64.0 Å². The molecule has 12 heteroatoms. The van der Waals surface area contributed by atoms with Crippen LogP contribution in [0.2, 0.25) is 5.02 Å². The van der Waals surface area contributed by atoms with Crippen molar-refractivity contribution in [3.63, 3.8) is 0 Å². The number of carbonyl (C=O) groups is 1. The molecule has 2 aromatic carbocycles. The fourth-order valence-electron chi connectivity index (χ4n) is 4.22. The van der Waals surface area contributed by atoms with Gasteiger partial charge in [0.1, 0.15) is 16.3 Å². The molecule has 4 rings (SSSR count). The lowest BCUT2D eigenvalue weighted by Crippen LogP contribution is -2.38. The van der Waals surface area contributed by atoms with Crippen LogP contribution in [0.25, 0.3) is 11.0 Å². The SMILES string of the molecule is Cc1c(Cc2ccc(F)c(S(=O)(=O)N(C)C3CCNC3)c2)c(=O)oc2cc(OC(=O)N(C)C)c(Cl)cc12. The highest BCUT2D eigenvalue weighted by Gasteiger charge is 2.32. The zero-order chi connectivity index (χ0) is 27.1. The van der Waals surface area contributed by atoms with Crippen LogP contribution in [-0.2, 0) is 16.4 Å². The monoisotopic (exact) mass is 551 g/mol. The van der Waals surface area contributed by atoms with Crippen molar-refractivity contribution in [1.29, 1.82) is 0 Å². The highest BCUT2D eigenvalue weighted by molar-refractivity contribution is 7.89. The fourth-order valence-corrected chi connectivity index (χ4v) is 5.92. The van der Waals surface area contributed by atoms with Crippen molar-refractivity contribution in [2.24, 2.45) is 0 Å². The van der Waals surface area contributed by atoms with Gasteiger partial charge in [-0.1, -0.05) is 17.7 Å². The number of hydrogen-bond donors (Lipinski definition) is 1. The molecule has 0 bridgehead atoms. The summed E-state index contributed by atoms with van der Waals surface area (Å²) in [5, 5.41) is 3.77. The number of ether oxygens (including phenoxy) is 1. The normalized spacial score (nSPS) is 15.9. The first kappa shape index (κ1) is 27.1. The van der Waals surface area contributed by atoms with Crippen molar-refractivity contribution in [2.45, 2.75) is 30.7 Å². The van der Waals surface area contributed by atoms with Gasteiger partial charge in [0.2, 0.25) is 10.0 Å². The molecule has 0 aliphatic carbocycles. The molecule has 0 saturated carbocycles. The summed E-state index contributed by atoms with van der Waals surface area (Å²) in [6, 6.07) is 6.41. The molecule has 2 heterocycles. The van der Waals surface area contributed by atoms with Gasteiger partial charge in [-0.05, 0) is 49.2 Å². The predicted molar refractivity (Wildman–Crippen MR) is 137 cm³/mol. The van der Waals surface area contributed by atoms with Gasteiger partial charge in [0.05, 0.1) is 5.02 Å². The average Bonchev–Trinajstić information content (AvgIpc) is 3.38. The molecule has 1 aliphatic rings. The lowest BCUT2D eigenvalue weighted by Gasteiger charge is -2.23. The summed E-state index contributed by atoms with van der Waals surface area (Å²) in [7, 11) is 0.380. The minimum Gasteiger partial charge on any atom is -0.422 e. The van der Waals surface area contributed by atoms with Gasteiger partial charge in [0.15, 0.2) is 5.75 Å². The molecule has 1 unspecified atom stereocenters. The molecular weight excluding hydrogens is 525 g/mol. The van der Waals surface area contributed by atoms with Gasteiger partial charge >= 0.3 is 11.7 Å². The number of fused-ring (bicyclic) bond motifs is 1. The minimum atomic E-state index is -4.09. The van der Waals surface area contributed by atoms with Crippen LogP contribution in [0.3, 0.4) is 0 Å². The maximum atomic E-state index is 14.7. The maximum Gasteiger partial charge on any atom is 0.414 e. The molecule has 1 atom stereocenters. The largest absolute Gasteiger partial charge is 0.422 e. The van der Waals surface area contributed by atoms with Crippen LogP contribution in [0.1, 0.15) is 23.1 Å². The van der Waals surface area contributed by atoms with E-state index in [4.69, 9.17) is 20.8 Å². The van der Waals surface area contributed by atoms with Crippen molar-refractivity contribution < 1.29 is 26.8 Å². The molecule has 1 saturated heterocycles. The van der Waals surface area contributed by atoms with Crippen LogP contribution in [0, 0.1) is 12.7 Å². The van der Waals surface area contributed by atoms with Crippen molar-refractivity contribution >= 4 is 38.7 Å². The van der Waals surface area contributed by atoms with Gasteiger partial charge in [0, 0.05) is 57.2 Å². The predicted octanol–water partition coefficient (Wildman–Crippen LogP) is 3.53. The summed E-state index contributed by atoms with van der Waals surface area (Å²) in [5.41, 5.74) is 0.771. The number of likely N-dealkylation sites (N-methyl/N-ethyl adjacent to an activating group) is 1. The lowest BCUT2D eigenvalue weighted by atomic mass is 9.99. The van der Waals surface area contributed by atoms with E-state index >= 15 is 0 Å². The number of hydrogen-bond acceptors (Lipinski definition) is 7. The first-order chi connectivity index (χ1) is 17.4. The van der Waals surface area contributed by atoms with Crippen LogP contribution >= 0.6 is 11.6 Å². The Morgan fingerprint density at radius 1 is 1.24 bits per heavy atom. The van der Waals surface area contributed by atoms with E-state index in [1.807, 2.05) is 0 Å². The molecule has 1 fully saturated rings. The van der Waals surface area contributed by atoms with Crippen molar-refractivity contribution in [1.82, 2.24) is 14.5 Å². The van der Waals surface area contributed by atoms with Gasteiger partial charge in [-0.15, -0.1) is 0 Å². The summed E-state index contributed by atoms with van der Waals surface area (Å²) in [6.07, 6.45) is -0.00215. The third kappa shape index (κ3) is 5.35. The summed E-state index contributed by atoms with van der Waals surface area (Å²) >= 11 is 6.32. The highest BCUT2D eigenvalue weighted by Crippen LogP contribution is 2.33. The van der Waals surface area contributed by atoms with E-state index < -0.39 is 32.5 Å². The second-order valence-corrected chi connectivity index (χ2v) is 11.5. The fraction of sp³-hybridized carbons (Fsp3) is 0.360. The molecule has 0 spiro atoms. The Balaban J connectivity index is 1.70. The summed E-state index contributed by atoms with van der Waals surface area (Å²) in [5.74, 6) is -0.825. The standard InChI is InChI=1S/C25H27ClFN3O6S/c1-14-17-11-19(26)22(36-25(32)29(2)3)12-21(17)35-24(31)18(14)9-15-5-6-20(27)23(10-15)37(33,34)30(4)16-7-8-28-13-16/h5-6,10-12,16,28H,7-9,13H2,1-4H3. The van der Waals surface area contributed by atoms with Crippen LogP contribution in [0.4, 0.5) is 9.18 Å². The highest BCUT2D eigenvalue weighted by atomic mass is 35.5. The summed E-state index contributed by atoms with van der Waals surface area (Å²) < 4.78 is 52.9. The molecule has 1 amide bonds. The van der Waals surface area contributed by atoms with Gasteiger partial charge in [-0.25, -0.2) is 22.4 Å². The first-order valence-corrected chi connectivity index (χ1v) is 13.3. The number of amides is 1. The van der Waals surface area contributed by atoms with E-state index in [1.165, 1.54) is 54.6 Å². The van der Waals surface area contributed by atoms with E-state index in [9.17, 15) is 22.4 Å². The summed E-state index contributed by atoms with van der Waals surface area (Å²) in [4.78, 5) is 25.6. The molecule has 1 N–H and O–H groups in total. The number of benzene rings is 2. The molecule has 9 nitrogen and oxygen atoms in total. The Bertz CT molecular complexity index is 1530. The van der Waals surface area contributed by atoms with E-state index in [-0.39, 0.29) is 34.4 Å². The van der Waals surface area contributed by atoms with Crippen LogP contribution in [0.5, 0.6) is 5.75 Å². The molecule has 3 aromatic rings. The molecule has 37 heavy (non-hydrogen) atoms. The summed E-state index contributed by atoms with van der Waals surface area (Å²) in [6.45, 7) is 2.89. The number of rotatable bonds is 6. The second kappa shape index (κ2) is 10.4. The smallest absolute Gasteiger partial charge is 0.414 e. The maximum absolute atomic E-state index is 14.7. The third-order valence-electron chi connectivity index (χ3n) is 6.48. The van der Waals surface area contributed by atoms with E-state index in [0.717, 1.165) is 6.07 Å². The first-order valence-electron chi connectivity index (χ1n) is 11.5. The van der Waals surface area contributed by atoms with Gasteiger partial charge in [0.25, 0.3) is 0 Å². The molecule has 0 radical (unpaired) electrons. The zero-order valence-electron chi connectivity index (χ0n) is 20.8. The Hall–Kier alpha value is -2.99. The Kier molecular flexibility index (Phi) is 7.61. The lowest BCUT2D eigenvalue weighted by molar-refractivity contribution is 0.172. The quantitative estimate of drug-likeness (QED) is 0.467. The number of nitrogens with zero attached hydrogens (tertiary/aromatic N) is 2. The zero-order valence-corrected chi connectivity index (χ0v) is 22.4. The Labute approximate surface area is 218 Å². The van der Waals surface area contributed by atoms with E-state index in [0.29, 0.717) is 36.0 Å². The van der Waals surface area contributed by atoms with Crippen LogP contribution < -0.4 is 15.7 Å². The number of aryl methyl sites for hydroxylation is 1. The number of sulfonamides is 1. The Morgan fingerprint density at radius 2 is 1.97 bits per heavy atom. The topological polar surface area (TPSA) is 109 Å². The molecule has 1 aromatic heterocycles. The number of nitrogens with one attached hydrogen (secondary N) is 1. The Morgan fingerprint density at radius 3 is 2.62 bits per heavy atom. The molecule has 1 aliphatic heterocycles. The minimum absolute atomic E-state index is 0.0105. The third-order valence-corrected chi connectivity index (χ3v) is 8.70. The van der Waals surface area contributed by atoms with Crippen molar-refractivity contribution in [3.8, 4) is 5.75 Å². The van der Waals surface area contributed by atoms with Gasteiger partial charge in [-0.2, -0.15) is 4.31 Å². The second-order valence-electron chi connectivity index (χ2n) is 9.14. The number of halogens is 2. The van der Waals surface area contributed by atoms with Crippen molar-refractivity contribution in [3.05, 3.63) is 68.3 Å². The average molecular weight is 552 g/mol. The van der Waals surface area contributed by atoms with Gasteiger partial charge in [-0.3, -0.25) is 0 Å². The van der Waals surface area contributed by atoms with Gasteiger partial charge < -0.3 is 19.4 Å². The van der Waals surface area contributed by atoms with E-state index in [2.05, 4.69) is 5.32 Å². The van der Waals surface area contributed by atoms with Crippen molar-refractivity contribution in [2.75, 3.05) is 34.2 Å². The number of carbonyl (C=O) groups excluding carboxylic acids is 1. The van der Waals surface area contributed by atoms with Crippen LogP contribution in [0.15, 0.2) is 44.4 Å². The van der Waals surface area contributed by atoms with E-state index in [1.54, 1.807) is 6.92 Å². The molecule has 198 valence electrons.